The molecule has 0 aliphatic carbocycles. The Morgan fingerprint density at radius 3 is 2.67 bits per heavy atom. The van der Waals surface area contributed by atoms with E-state index in [2.05, 4.69) is 26.1 Å². The molecule has 0 atom stereocenters. The molecule has 0 aliphatic heterocycles. The van der Waals surface area contributed by atoms with E-state index >= 15 is 0 Å². The van der Waals surface area contributed by atoms with E-state index in [1.165, 1.54) is 30.3 Å². The molecule has 0 aliphatic rings. The maximum absolute atomic E-state index is 13.8. The second-order valence-electron chi connectivity index (χ2n) is 4.29. The number of rotatable bonds is 2. The highest BCUT2D eigenvalue weighted by molar-refractivity contribution is 9.10. The van der Waals surface area contributed by atoms with Crippen LogP contribution in [0.4, 0.5) is 14.5 Å². The van der Waals surface area contributed by atoms with Crippen molar-refractivity contribution >= 4 is 21.6 Å². The lowest BCUT2D eigenvalue weighted by atomic mass is 10.1. The Morgan fingerprint density at radius 1 is 1.14 bits per heavy atom. The third-order valence-corrected chi connectivity index (χ3v) is 3.26. The first kappa shape index (κ1) is 13.7. The quantitative estimate of drug-likeness (QED) is 0.708. The van der Waals surface area contributed by atoms with Crippen LogP contribution in [0.1, 0.15) is 0 Å². The van der Waals surface area contributed by atoms with Gasteiger partial charge in [-0.05, 0) is 30.3 Å². The zero-order chi connectivity index (χ0) is 15.0. The van der Waals surface area contributed by atoms with Crippen LogP contribution >= 0.6 is 15.9 Å². The Bertz CT molecular complexity index is 779. The first-order valence-corrected chi connectivity index (χ1v) is 6.68. The normalized spacial score (nSPS) is 10.8. The summed E-state index contributed by atoms with van der Waals surface area (Å²) in [5, 5.41) is 3.73. The summed E-state index contributed by atoms with van der Waals surface area (Å²) in [4.78, 5) is 4.07. The Balaban J connectivity index is 2.08. The molecule has 0 saturated heterocycles. The molecular formula is C14H8BrF2N3O. The fourth-order valence-electron chi connectivity index (χ4n) is 1.89. The molecule has 2 N–H and O–H groups in total. The van der Waals surface area contributed by atoms with Crippen molar-refractivity contribution in [1.29, 1.82) is 0 Å². The number of benzene rings is 2. The van der Waals surface area contributed by atoms with Gasteiger partial charge in [0.2, 0.25) is 5.82 Å². The SMILES string of the molecule is Nc1cccc(F)c1-c1nc(-c2cc(F)cc(Br)c2)no1. The summed E-state index contributed by atoms with van der Waals surface area (Å²) in [6, 6.07) is 8.44. The van der Waals surface area contributed by atoms with Crippen molar-refractivity contribution in [3.8, 4) is 22.8 Å². The zero-order valence-corrected chi connectivity index (χ0v) is 12.1. The summed E-state index contributed by atoms with van der Waals surface area (Å²) in [6.07, 6.45) is 0. The molecule has 1 aromatic heterocycles. The number of nitrogens with two attached hydrogens (primary N) is 1. The van der Waals surface area contributed by atoms with Gasteiger partial charge in [0.1, 0.15) is 11.6 Å². The van der Waals surface area contributed by atoms with Crippen LogP contribution in [-0.2, 0) is 0 Å². The Hall–Kier alpha value is -2.28. The van der Waals surface area contributed by atoms with Crippen LogP contribution < -0.4 is 5.73 Å². The van der Waals surface area contributed by atoms with Gasteiger partial charge in [0.25, 0.3) is 5.89 Å². The molecule has 0 unspecified atom stereocenters. The monoisotopic (exact) mass is 351 g/mol. The smallest absolute Gasteiger partial charge is 0.263 e. The van der Waals surface area contributed by atoms with Gasteiger partial charge in [-0.25, -0.2) is 8.78 Å². The molecule has 106 valence electrons. The Labute approximate surface area is 126 Å². The third kappa shape index (κ3) is 2.64. The largest absolute Gasteiger partial charge is 0.398 e. The van der Waals surface area contributed by atoms with E-state index in [1.54, 1.807) is 6.07 Å². The van der Waals surface area contributed by atoms with Crippen LogP contribution in [0.5, 0.6) is 0 Å². The number of aromatic nitrogens is 2. The van der Waals surface area contributed by atoms with Gasteiger partial charge in [0.05, 0.1) is 5.56 Å². The molecule has 1 heterocycles. The summed E-state index contributed by atoms with van der Waals surface area (Å²) >= 11 is 3.18. The maximum atomic E-state index is 13.8. The van der Waals surface area contributed by atoms with E-state index in [0.717, 1.165) is 0 Å². The average Bonchev–Trinajstić information content (AvgIpc) is 2.87. The molecule has 0 amide bonds. The minimum absolute atomic E-state index is 0.0340. The highest BCUT2D eigenvalue weighted by atomic mass is 79.9. The van der Waals surface area contributed by atoms with Gasteiger partial charge >= 0.3 is 0 Å². The molecule has 2 aromatic carbocycles. The second-order valence-corrected chi connectivity index (χ2v) is 5.20. The van der Waals surface area contributed by atoms with Crippen molar-refractivity contribution in [3.05, 3.63) is 52.5 Å². The molecule has 21 heavy (non-hydrogen) atoms. The van der Waals surface area contributed by atoms with Crippen LogP contribution in [-0.4, -0.2) is 10.1 Å². The Morgan fingerprint density at radius 2 is 1.95 bits per heavy atom. The van der Waals surface area contributed by atoms with Gasteiger partial charge in [-0.1, -0.05) is 27.2 Å². The lowest BCUT2D eigenvalue weighted by molar-refractivity contribution is 0.430. The number of halogens is 3. The van der Waals surface area contributed by atoms with Crippen LogP contribution in [0.15, 0.2) is 45.4 Å². The van der Waals surface area contributed by atoms with E-state index < -0.39 is 11.6 Å². The molecule has 0 radical (unpaired) electrons. The third-order valence-electron chi connectivity index (χ3n) is 2.81. The zero-order valence-electron chi connectivity index (χ0n) is 10.5. The first-order valence-electron chi connectivity index (χ1n) is 5.89. The topological polar surface area (TPSA) is 64.9 Å². The van der Waals surface area contributed by atoms with E-state index in [-0.39, 0.29) is 23.0 Å². The summed E-state index contributed by atoms with van der Waals surface area (Å²) < 4.78 is 32.7. The maximum Gasteiger partial charge on any atom is 0.263 e. The Kier molecular flexibility index (Phi) is 3.42. The number of hydrogen-bond donors (Lipinski definition) is 1. The van der Waals surface area contributed by atoms with Gasteiger partial charge in [0, 0.05) is 15.7 Å². The number of anilines is 1. The molecular weight excluding hydrogens is 344 g/mol. The van der Waals surface area contributed by atoms with Crippen LogP contribution in [0.2, 0.25) is 0 Å². The second kappa shape index (κ2) is 5.25. The van der Waals surface area contributed by atoms with E-state index in [1.807, 2.05) is 0 Å². The molecule has 0 spiro atoms. The van der Waals surface area contributed by atoms with E-state index in [4.69, 9.17) is 10.3 Å². The molecule has 0 saturated carbocycles. The van der Waals surface area contributed by atoms with Crippen LogP contribution in [0, 0.1) is 11.6 Å². The lowest BCUT2D eigenvalue weighted by Gasteiger charge is -2.00. The van der Waals surface area contributed by atoms with Gasteiger partial charge in [-0.3, -0.25) is 0 Å². The molecule has 0 fully saturated rings. The summed E-state index contributed by atoms with van der Waals surface area (Å²) in [7, 11) is 0. The molecule has 3 rings (SSSR count). The molecule has 3 aromatic rings. The molecule has 0 bridgehead atoms. The first-order chi connectivity index (χ1) is 10.0. The highest BCUT2D eigenvalue weighted by Crippen LogP contribution is 2.30. The van der Waals surface area contributed by atoms with Crippen LogP contribution in [0.3, 0.4) is 0 Å². The van der Waals surface area contributed by atoms with Crippen LogP contribution in [0.25, 0.3) is 22.8 Å². The minimum Gasteiger partial charge on any atom is -0.398 e. The number of hydrogen-bond acceptors (Lipinski definition) is 4. The predicted molar refractivity (Wildman–Crippen MR) is 77.2 cm³/mol. The summed E-state index contributed by atoms with van der Waals surface area (Å²) in [5.41, 5.74) is 6.34. The fraction of sp³-hybridized carbons (Fsp3) is 0. The van der Waals surface area contributed by atoms with Crippen molar-refractivity contribution in [1.82, 2.24) is 10.1 Å². The fourth-order valence-corrected chi connectivity index (χ4v) is 2.36. The van der Waals surface area contributed by atoms with Crippen molar-refractivity contribution in [2.24, 2.45) is 0 Å². The van der Waals surface area contributed by atoms with Gasteiger partial charge in [-0.15, -0.1) is 0 Å². The highest BCUT2D eigenvalue weighted by Gasteiger charge is 2.17. The molecule has 7 heteroatoms. The van der Waals surface area contributed by atoms with E-state index in [0.29, 0.717) is 10.0 Å². The van der Waals surface area contributed by atoms with Gasteiger partial charge < -0.3 is 10.3 Å². The minimum atomic E-state index is -0.564. The standard InChI is InChI=1S/C14H8BrF2N3O/c15-8-4-7(5-9(16)6-8)13-19-14(21-20-13)12-10(17)2-1-3-11(12)18/h1-6H,18H2. The number of nitrogens with zero attached hydrogens (tertiary/aromatic N) is 2. The summed E-state index contributed by atoms with van der Waals surface area (Å²) in [5.74, 6) is -0.921. The van der Waals surface area contributed by atoms with Crippen molar-refractivity contribution in [3.63, 3.8) is 0 Å². The average molecular weight is 352 g/mol. The van der Waals surface area contributed by atoms with Crippen molar-refractivity contribution < 1.29 is 13.3 Å². The van der Waals surface area contributed by atoms with Gasteiger partial charge in [0.15, 0.2) is 0 Å². The van der Waals surface area contributed by atoms with Crippen molar-refractivity contribution in [2.75, 3.05) is 5.73 Å². The van der Waals surface area contributed by atoms with Crippen molar-refractivity contribution in [2.45, 2.75) is 0 Å². The van der Waals surface area contributed by atoms with E-state index in [9.17, 15) is 8.78 Å². The number of nitrogen functional groups attached to an aromatic ring is 1. The molecule has 4 nitrogen and oxygen atoms in total. The van der Waals surface area contributed by atoms with Gasteiger partial charge in [-0.2, -0.15) is 4.98 Å². The lowest BCUT2D eigenvalue weighted by Crippen LogP contribution is -1.93. The predicted octanol–water partition coefficient (Wildman–Crippen LogP) is 4.03. The summed E-state index contributed by atoms with van der Waals surface area (Å²) in [6.45, 7) is 0.